The zero-order chi connectivity index (χ0) is 20.5. The summed E-state index contributed by atoms with van der Waals surface area (Å²) in [7, 11) is 0. The minimum absolute atomic E-state index is 0.0515. The molecule has 0 atom stereocenters. The summed E-state index contributed by atoms with van der Waals surface area (Å²) >= 11 is 11.9. The van der Waals surface area contributed by atoms with Gasteiger partial charge in [0.15, 0.2) is 0 Å². The van der Waals surface area contributed by atoms with Gasteiger partial charge in [0, 0.05) is 17.0 Å². The van der Waals surface area contributed by atoms with Crippen LogP contribution in [0.15, 0.2) is 23.3 Å². The highest BCUT2D eigenvalue weighted by atomic mass is 35.5. The zero-order valence-electron chi connectivity index (χ0n) is 17.3. The summed E-state index contributed by atoms with van der Waals surface area (Å²) in [5, 5.41) is 5.05. The molecule has 158 valence electrons. The van der Waals surface area contributed by atoms with Gasteiger partial charge in [-0.3, -0.25) is 4.79 Å². The van der Waals surface area contributed by atoms with Crippen molar-refractivity contribution in [3.8, 4) is 0 Å². The van der Waals surface area contributed by atoms with Crippen LogP contribution in [0, 0.1) is 0 Å². The summed E-state index contributed by atoms with van der Waals surface area (Å²) in [5.41, 5.74) is 3.28. The standard InChI is InChI=1S/C23H36Cl2N2O/c1-2-3-4-5-6-7-8-9-10-11-12-13-14-15-23(28)27-26-19-20-16-17-21(24)18-22(20)25/h16-19H,2-15H2,1H3,(H,27,28). The molecular formula is C23H36Cl2N2O. The Morgan fingerprint density at radius 1 is 0.893 bits per heavy atom. The lowest BCUT2D eigenvalue weighted by molar-refractivity contribution is -0.121. The Morgan fingerprint density at radius 3 is 1.96 bits per heavy atom. The van der Waals surface area contributed by atoms with Crippen molar-refractivity contribution in [2.45, 2.75) is 96.8 Å². The van der Waals surface area contributed by atoms with Gasteiger partial charge < -0.3 is 0 Å². The topological polar surface area (TPSA) is 41.5 Å². The Bertz CT molecular complexity index is 576. The second-order valence-electron chi connectivity index (χ2n) is 7.45. The van der Waals surface area contributed by atoms with Crippen LogP contribution >= 0.6 is 23.2 Å². The molecule has 0 saturated carbocycles. The van der Waals surface area contributed by atoms with Crippen molar-refractivity contribution in [2.24, 2.45) is 5.10 Å². The highest BCUT2D eigenvalue weighted by Gasteiger charge is 2.01. The number of rotatable bonds is 16. The third-order valence-electron chi connectivity index (χ3n) is 4.86. The predicted octanol–water partition coefficient (Wildman–Crippen LogP) is 7.92. The maximum atomic E-state index is 11.8. The maximum Gasteiger partial charge on any atom is 0.240 e. The van der Waals surface area contributed by atoms with Crippen LogP contribution in [0.5, 0.6) is 0 Å². The highest BCUT2D eigenvalue weighted by Crippen LogP contribution is 2.19. The van der Waals surface area contributed by atoms with Crippen molar-refractivity contribution >= 4 is 35.3 Å². The van der Waals surface area contributed by atoms with Crippen molar-refractivity contribution < 1.29 is 4.79 Å². The average Bonchev–Trinajstić information content (AvgIpc) is 2.67. The normalized spacial score (nSPS) is 11.2. The summed E-state index contributed by atoms with van der Waals surface area (Å²) in [4.78, 5) is 11.8. The maximum absolute atomic E-state index is 11.8. The van der Waals surface area contributed by atoms with E-state index in [1.54, 1.807) is 24.4 Å². The minimum Gasteiger partial charge on any atom is -0.273 e. The molecule has 5 heteroatoms. The van der Waals surface area contributed by atoms with Crippen LogP contribution < -0.4 is 5.43 Å². The molecule has 0 aliphatic heterocycles. The first-order valence-corrected chi connectivity index (χ1v) is 11.7. The van der Waals surface area contributed by atoms with Crippen LogP contribution in [0.1, 0.15) is 102 Å². The Labute approximate surface area is 181 Å². The van der Waals surface area contributed by atoms with E-state index in [4.69, 9.17) is 23.2 Å². The van der Waals surface area contributed by atoms with Gasteiger partial charge in [0.2, 0.25) is 5.91 Å². The van der Waals surface area contributed by atoms with Crippen LogP contribution in [0.4, 0.5) is 0 Å². The molecular weight excluding hydrogens is 391 g/mol. The number of hydrazone groups is 1. The van der Waals surface area contributed by atoms with E-state index in [2.05, 4.69) is 17.5 Å². The van der Waals surface area contributed by atoms with Crippen LogP contribution in [-0.4, -0.2) is 12.1 Å². The molecule has 1 rings (SSSR count). The van der Waals surface area contributed by atoms with Gasteiger partial charge in [-0.15, -0.1) is 0 Å². The number of nitrogens with one attached hydrogen (secondary N) is 1. The van der Waals surface area contributed by atoms with Crippen LogP contribution in [0.25, 0.3) is 0 Å². The van der Waals surface area contributed by atoms with E-state index < -0.39 is 0 Å². The number of benzene rings is 1. The number of carbonyl (C=O) groups excluding carboxylic acids is 1. The molecule has 0 aromatic heterocycles. The average molecular weight is 427 g/mol. The van der Waals surface area contributed by atoms with Crippen molar-refractivity contribution in [2.75, 3.05) is 0 Å². The van der Waals surface area contributed by atoms with E-state index in [0.717, 1.165) is 18.4 Å². The lowest BCUT2D eigenvalue weighted by atomic mass is 10.0. The molecule has 28 heavy (non-hydrogen) atoms. The number of nitrogens with zero attached hydrogens (tertiary/aromatic N) is 1. The molecule has 0 bridgehead atoms. The first-order valence-electron chi connectivity index (χ1n) is 10.9. The monoisotopic (exact) mass is 426 g/mol. The number of amides is 1. The number of hydrogen-bond donors (Lipinski definition) is 1. The Balaban J connectivity index is 1.93. The van der Waals surface area contributed by atoms with Crippen LogP contribution in [0.3, 0.4) is 0 Å². The van der Waals surface area contributed by atoms with E-state index in [-0.39, 0.29) is 5.91 Å². The van der Waals surface area contributed by atoms with E-state index in [1.165, 1.54) is 70.6 Å². The Hall–Kier alpha value is -1.06. The molecule has 0 aliphatic rings. The van der Waals surface area contributed by atoms with Crippen molar-refractivity contribution in [1.29, 1.82) is 0 Å². The molecule has 0 saturated heterocycles. The molecule has 0 heterocycles. The van der Waals surface area contributed by atoms with Crippen molar-refractivity contribution in [3.63, 3.8) is 0 Å². The van der Waals surface area contributed by atoms with E-state index in [1.807, 2.05) is 0 Å². The van der Waals surface area contributed by atoms with Gasteiger partial charge in [-0.2, -0.15) is 5.10 Å². The summed E-state index contributed by atoms with van der Waals surface area (Å²) in [6, 6.07) is 5.16. The van der Waals surface area contributed by atoms with Gasteiger partial charge in [-0.1, -0.05) is 113 Å². The number of halogens is 2. The van der Waals surface area contributed by atoms with Crippen LogP contribution in [-0.2, 0) is 4.79 Å². The highest BCUT2D eigenvalue weighted by molar-refractivity contribution is 6.36. The Morgan fingerprint density at radius 2 is 1.43 bits per heavy atom. The van der Waals surface area contributed by atoms with E-state index in [0.29, 0.717) is 16.5 Å². The number of unbranched alkanes of at least 4 members (excludes halogenated alkanes) is 12. The SMILES string of the molecule is CCCCCCCCCCCCCCCC(=O)NN=Cc1ccc(Cl)cc1Cl. The predicted molar refractivity (Wildman–Crippen MR) is 123 cm³/mol. The van der Waals surface area contributed by atoms with Crippen molar-refractivity contribution in [1.82, 2.24) is 5.43 Å². The molecule has 0 aliphatic carbocycles. The smallest absolute Gasteiger partial charge is 0.240 e. The van der Waals surface area contributed by atoms with Gasteiger partial charge >= 0.3 is 0 Å². The quantitative estimate of drug-likeness (QED) is 0.162. The van der Waals surface area contributed by atoms with Crippen LogP contribution in [0.2, 0.25) is 10.0 Å². The van der Waals surface area contributed by atoms with Gasteiger partial charge in [0.05, 0.1) is 11.2 Å². The molecule has 0 radical (unpaired) electrons. The van der Waals surface area contributed by atoms with Gasteiger partial charge in [0.25, 0.3) is 0 Å². The second kappa shape index (κ2) is 16.9. The first kappa shape index (κ1) is 25.0. The van der Waals surface area contributed by atoms with Crippen molar-refractivity contribution in [3.05, 3.63) is 33.8 Å². The molecule has 1 amide bonds. The first-order chi connectivity index (χ1) is 13.6. The lowest BCUT2D eigenvalue weighted by Gasteiger charge is -2.03. The van der Waals surface area contributed by atoms with Gasteiger partial charge in [-0.05, 0) is 18.6 Å². The summed E-state index contributed by atoms with van der Waals surface area (Å²) in [6.07, 6.45) is 19.0. The van der Waals surface area contributed by atoms with E-state index >= 15 is 0 Å². The Kier molecular flexibility index (Phi) is 15.0. The molecule has 1 aromatic carbocycles. The lowest BCUT2D eigenvalue weighted by Crippen LogP contribution is -2.16. The fourth-order valence-electron chi connectivity index (χ4n) is 3.14. The van der Waals surface area contributed by atoms with E-state index in [9.17, 15) is 4.79 Å². The fourth-order valence-corrected chi connectivity index (χ4v) is 3.60. The minimum atomic E-state index is -0.0515. The molecule has 3 nitrogen and oxygen atoms in total. The summed E-state index contributed by atoms with van der Waals surface area (Å²) in [5.74, 6) is -0.0515. The number of carbonyl (C=O) groups is 1. The molecule has 1 N–H and O–H groups in total. The molecule has 0 spiro atoms. The molecule has 0 unspecified atom stereocenters. The summed E-state index contributed by atoms with van der Waals surface area (Å²) in [6.45, 7) is 2.26. The fraction of sp³-hybridized carbons (Fsp3) is 0.652. The molecule has 0 fully saturated rings. The zero-order valence-corrected chi connectivity index (χ0v) is 18.8. The third kappa shape index (κ3) is 13.2. The second-order valence-corrected chi connectivity index (χ2v) is 8.30. The number of hydrogen-bond acceptors (Lipinski definition) is 2. The third-order valence-corrected chi connectivity index (χ3v) is 5.43. The van der Waals surface area contributed by atoms with Gasteiger partial charge in [-0.25, -0.2) is 5.43 Å². The largest absolute Gasteiger partial charge is 0.273 e. The molecule has 1 aromatic rings. The van der Waals surface area contributed by atoms with Gasteiger partial charge in [0.1, 0.15) is 0 Å². The summed E-state index contributed by atoms with van der Waals surface area (Å²) < 4.78 is 0.